The number of hydrogen-bond acceptors (Lipinski definition) is 5. The highest BCUT2D eigenvalue weighted by Crippen LogP contribution is 2.41. The molecule has 1 saturated carbocycles. The van der Waals surface area contributed by atoms with E-state index in [2.05, 4.69) is 26.9 Å². The molecule has 2 heterocycles. The molecule has 0 atom stereocenters. The van der Waals surface area contributed by atoms with Crippen molar-refractivity contribution in [2.45, 2.75) is 46.1 Å². The lowest BCUT2D eigenvalue weighted by Gasteiger charge is -2.12. The molecular formula is C26H26N6O3. The first-order chi connectivity index (χ1) is 16.8. The molecule has 2 aromatic carbocycles. The first kappa shape index (κ1) is 22.5. The number of aromatic nitrogens is 4. The summed E-state index contributed by atoms with van der Waals surface area (Å²) in [7, 11) is 0. The Morgan fingerprint density at radius 3 is 2.34 bits per heavy atom. The van der Waals surface area contributed by atoms with E-state index in [-0.39, 0.29) is 29.8 Å². The van der Waals surface area contributed by atoms with Crippen molar-refractivity contribution in [2.24, 2.45) is 0 Å². The van der Waals surface area contributed by atoms with Gasteiger partial charge in [-0.2, -0.15) is 10.2 Å². The van der Waals surface area contributed by atoms with Gasteiger partial charge in [0.05, 0.1) is 17.6 Å². The molecule has 9 nitrogen and oxygen atoms in total. The Bertz CT molecular complexity index is 1510. The van der Waals surface area contributed by atoms with Crippen LogP contribution in [-0.2, 0) is 16.1 Å². The maximum Gasteiger partial charge on any atom is 0.293 e. The van der Waals surface area contributed by atoms with E-state index in [9.17, 15) is 14.4 Å². The summed E-state index contributed by atoms with van der Waals surface area (Å²) in [5, 5.41) is 15.3. The van der Waals surface area contributed by atoms with Crippen molar-refractivity contribution in [2.75, 3.05) is 10.6 Å². The number of fused-ring (bicyclic) bond motifs is 1. The number of amides is 2. The summed E-state index contributed by atoms with van der Waals surface area (Å²) in [6, 6.07) is 12.8. The fraction of sp³-hybridized carbons (Fsp3) is 0.269. The van der Waals surface area contributed by atoms with E-state index in [1.54, 1.807) is 35.1 Å². The van der Waals surface area contributed by atoms with Gasteiger partial charge in [0.1, 0.15) is 12.1 Å². The zero-order valence-electron chi connectivity index (χ0n) is 19.8. The van der Waals surface area contributed by atoms with Crippen LogP contribution >= 0.6 is 0 Å². The summed E-state index contributed by atoms with van der Waals surface area (Å²) in [6.45, 7) is 5.22. The van der Waals surface area contributed by atoms with Crippen LogP contribution in [0.2, 0.25) is 0 Å². The van der Waals surface area contributed by atoms with Gasteiger partial charge >= 0.3 is 0 Å². The van der Waals surface area contributed by atoms with Crippen LogP contribution in [0.3, 0.4) is 0 Å². The topological polar surface area (TPSA) is 111 Å². The largest absolute Gasteiger partial charge is 0.326 e. The molecule has 4 aromatic rings. The number of carbonyl (C=O) groups is 2. The van der Waals surface area contributed by atoms with Gasteiger partial charge in [-0.25, -0.2) is 9.36 Å². The second-order valence-electron chi connectivity index (χ2n) is 9.04. The van der Waals surface area contributed by atoms with Gasteiger partial charge in [-0.15, -0.1) is 0 Å². The Morgan fingerprint density at radius 1 is 1.03 bits per heavy atom. The number of anilines is 2. The third-order valence-electron chi connectivity index (χ3n) is 6.04. The predicted octanol–water partition coefficient (Wildman–Crippen LogP) is 3.67. The molecule has 0 unspecified atom stereocenters. The summed E-state index contributed by atoms with van der Waals surface area (Å²) >= 11 is 0. The second kappa shape index (κ2) is 8.83. The van der Waals surface area contributed by atoms with Crippen LogP contribution in [0.15, 0.2) is 53.5 Å². The van der Waals surface area contributed by atoms with Gasteiger partial charge in [-0.05, 0) is 62.6 Å². The summed E-state index contributed by atoms with van der Waals surface area (Å²) in [5.74, 6) is -0.273. The standard InChI is InChI=1S/C26H26N6O3/c1-15-4-11-22(16(2)12-15)32-25-21(13-27-32)24(18-5-6-18)30-31(26(25)35)14-23(34)29-20-9-7-19(8-10-20)28-17(3)33/h4,7-13,18H,5-6,14H2,1-3H3,(H,28,33)(H,29,34). The molecule has 35 heavy (non-hydrogen) atoms. The van der Waals surface area contributed by atoms with Crippen molar-refractivity contribution in [1.82, 2.24) is 19.6 Å². The molecular weight excluding hydrogens is 444 g/mol. The predicted molar refractivity (Wildman–Crippen MR) is 134 cm³/mol. The summed E-state index contributed by atoms with van der Waals surface area (Å²) in [5.41, 5.74) is 5.02. The molecule has 178 valence electrons. The van der Waals surface area contributed by atoms with E-state index >= 15 is 0 Å². The molecule has 1 aliphatic rings. The van der Waals surface area contributed by atoms with E-state index in [1.165, 1.54) is 11.6 Å². The highest BCUT2D eigenvalue weighted by Gasteiger charge is 2.30. The number of aryl methyl sites for hydroxylation is 2. The molecule has 0 aliphatic heterocycles. The van der Waals surface area contributed by atoms with Gasteiger partial charge in [0.25, 0.3) is 5.56 Å². The van der Waals surface area contributed by atoms with E-state index < -0.39 is 0 Å². The highest BCUT2D eigenvalue weighted by molar-refractivity contribution is 5.92. The number of hydrogen-bond donors (Lipinski definition) is 2. The van der Waals surface area contributed by atoms with Gasteiger partial charge in [-0.3, -0.25) is 14.4 Å². The molecule has 1 fully saturated rings. The van der Waals surface area contributed by atoms with E-state index in [1.807, 2.05) is 26.0 Å². The number of nitrogens with zero attached hydrogens (tertiary/aromatic N) is 4. The third kappa shape index (κ3) is 4.57. The van der Waals surface area contributed by atoms with Crippen LogP contribution in [0, 0.1) is 13.8 Å². The molecule has 5 rings (SSSR count). The third-order valence-corrected chi connectivity index (χ3v) is 6.04. The van der Waals surface area contributed by atoms with Crippen LogP contribution < -0.4 is 16.2 Å². The lowest BCUT2D eigenvalue weighted by molar-refractivity contribution is -0.117. The van der Waals surface area contributed by atoms with Crippen molar-refractivity contribution >= 4 is 34.1 Å². The SMILES string of the molecule is CC(=O)Nc1ccc(NC(=O)Cn2nc(C3CC3)c3cnn(-c4ccc(C)cc4C)c3c2=O)cc1. The zero-order chi connectivity index (χ0) is 24.7. The molecule has 1 aliphatic carbocycles. The molecule has 2 amide bonds. The van der Waals surface area contributed by atoms with Crippen molar-refractivity contribution in [3.8, 4) is 5.69 Å². The van der Waals surface area contributed by atoms with Gasteiger partial charge in [-0.1, -0.05) is 17.7 Å². The first-order valence-electron chi connectivity index (χ1n) is 11.5. The van der Waals surface area contributed by atoms with Crippen LogP contribution in [0.4, 0.5) is 11.4 Å². The monoisotopic (exact) mass is 470 g/mol. The summed E-state index contributed by atoms with van der Waals surface area (Å²) in [6.07, 6.45) is 3.71. The highest BCUT2D eigenvalue weighted by atomic mass is 16.2. The summed E-state index contributed by atoms with van der Waals surface area (Å²) in [4.78, 5) is 37.5. The van der Waals surface area contributed by atoms with Crippen LogP contribution in [0.5, 0.6) is 0 Å². The maximum atomic E-state index is 13.5. The lowest BCUT2D eigenvalue weighted by atomic mass is 10.1. The minimum Gasteiger partial charge on any atom is -0.326 e. The smallest absolute Gasteiger partial charge is 0.293 e. The van der Waals surface area contributed by atoms with Gasteiger partial charge < -0.3 is 10.6 Å². The van der Waals surface area contributed by atoms with Crippen LogP contribution in [-0.4, -0.2) is 31.4 Å². The number of benzene rings is 2. The average molecular weight is 471 g/mol. The summed E-state index contributed by atoms with van der Waals surface area (Å²) < 4.78 is 2.90. The Balaban J connectivity index is 1.48. The van der Waals surface area contributed by atoms with Crippen LogP contribution in [0.25, 0.3) is 16.6 Å². The molecule has 2 N–H and O–H groups in total. The van der Waals surface area contributed by atoms with Crippen molar-refractivity contribution < 1.29 is 9.59 Å². The van der Waals surface area contributed by atoms with E-state index in [4.69, 9.17) is 0 Å². The second-order valence-corrected chi connectivity index (χ2v) is 9.04. The molecule has 0 saturated heterocycles. The fourth-order valence-corrected chi connectivity index (χ4v) is 4.26. The van der Waals surface area contributed by atoms with E-state index in [0.29, 0.717) is 16.9 Å². The Kier molecular flexibility index (Phi) is 5.68. The quantitative estimate of drug-likeness (QED) is 0.447. The van der Waals surface area contributed by atoms with Gasteiger partial charge in [0, 0.05) is 29.6 Å². The van der Waals surface area contributed by atoms with Crippen molar-refractivity contribution in [1.29, 1.82) is 0 Å². The minimum absolute atomic E-state index is 0.172. The van der Waals surface area contributed by atoms with Crippen LogP contribution in [0.1, 0.15) is 42.5 Å². The molecule has 0 spiro atoms. The minimum atomic E-state index is -0.370. The number of rotatable bonds is 6. The molecule has 0 radical (unpaired) electrons. The Morgan fingerprint density at radius 2 is 1.71 bits per heavy atom. The first-order valence-corrected chi connectivity index (χ1v) is 11.5. The van der Waals surface area contributed by atoms with Gasteiger partial charge in [0.15, 0.2) is 0 Å². The molecule has 0 bridgehead atoms. The normalized spacial score (nSPS) is 13.1. The van der Waals surface area contributed by atoms with E-state index in [0.717, 1.165) is 40.7 Å². The zero-order valence-corrected chi connectivity index (χ0v) is 19.8. The lowest BCUT2D eigenvalue weighted by Crippen LogP contribution is -2.31. The maximum absolute atomic E-state index is 13.5. The Hall–Kier alpha value is -4.27. The molecule has 2 aromatic heterocycles. The average Bonchev–Trinajstić information content (AvgIpc) is 3.55. The molecule has 9 heteroatoms. The Labute approximate surface area is 201 Å². The van der Waals surface area contributed by atoms with Crippen molar-refractivity contribution in [3.05, 3.63) is 75.8 Å². The fourth-order valence-electron chi connectivity index (χ4n) is 4.26. The number of carbonyl (C=O) groups excluding carboxylic acids is 2. The number of nitrogens with one attached hydrogen (secondary N) is 2. The van der Waals surface area contributed by atoms with Crippen molar-refractivity contribution in [3.63, 3.8) is 0 Å². The van der Waals surface area contributed by atoms with Gasteiger partial charge in [0.2, 0.25) is 11.8 Å².